The molecule has 0 saturated carbocycles. The van der Waals surface area contributed by atoms with Gasteiger partial charge in [0.15, 0.2) is 0 Å². The van der Waals surface area contributed by atoms with E-state index in [2.05, 4.69) is 91.9 Å². The Labute approximate surface area is 171 Å². The number of allylic oxidation sites excluding steroid dienone is 2. The van der Waals surface area contributed by atoms with Crippen molar-refractivity contribution in [2.75, 3.05) is 20.1 Å². The molecule has 0 fully saturated rings. The van der Waals surface area contributed by atoms with Gasteiger partial charge in [0.05, 0.1) is 11.7 Å². The van der Waals surface area contributed by atoms with Crippen molar-refractivity contribution >= 4 is 0 Å². The van der Waals surface area contributed by atoms with Gasteiger partial charge < -0.3 is 10.2 Å². The molecule has 0 aromatic heterocycles. The van der Waals surface area contributed by atoms with Crippen molar-refractivity contribution in [3.05, 3.63) is 71.0 Å². The lowest BCUT2D eigenvalue weighted by molar-refractivity contribution is 0.0593. The van der Waals surface area contributed by atoms with Gasteiger partial charge in [-0.3, -0.25) is 5.01 Å². The molecule has 1 aromatic rings. The van der Waals surface area contributed by atoms with Gasteiger partial charge in [-0.1, -0.05) is 57.7 Å². The summed E-state index contributed by atoms with van der Waals surface area (Å²) in [4.78, 5) is 2.58. The molecule has 2 aliphatic heterocycles. The zero-order valence-electron chi connectivity index (χ0n) is 18.3. The first-order valence-corrected chi connectivity index (χ1v) is 10.7. The molecule has 2 heterocycles. The predicted molar refractivity (Wildman–Crippen MR) is 118 cm³/mol. The smallest absolute Gasteiger partial charge is 0.147 e. The first-order valence-electron chi connectivity index (χ1n) is 10.7. The molecule has 4 nitrogen and oxygen atoms in total. The molecule has 152 valence electrons. The van der Waals surface area contributed by atoms with Crippen molar-refractivity contribution in [2.45, 2.75) is 59.4 Å². The summed E-state index contributed by atoms with van der Waals surface area (Å²) >= 11 is 0. The van der Waals surface area contributed by atoms with E-state index in [0.717, 1.165) is 44.5 Å². The number of rotatable bonds is 7. The van der Waals surface area contributed by atoms with Crippen LogP contribution in [0, 0.1) is 0 Å². The third-order valence-electron chi connectivity index (χ3n) is 5.83. The molecule has 3 rings (SSSR count). The molecule has 1 atom stereocenters. The third kappa shape index (κ3) is 3.70. The maximum atomic E-state index is 4.47. The maximum absolute atomic E-state index is 4.47. The van der Waals surface area contributed by atoms with E-state index in [9.17, 15) is 0 Å². The number of hydrazine groups is 1. The standard InChI is InChI=1S/C24H36N4/c1-7-15-27(16-8-2)23-22(21-13-11-10-12-14-21)26(6)28-18(4)17-20(9-3)19(5)25-24(23)28/h10-14,22,25H,4,7-9,15-17H2,1-3,5-6H3. The highest BCUT2D eigenvalue weighted by molar-refractivity contribution is 5.38. The van der Waals surface area contributed by atoms with E-state index >= 15 is 0 Å². The van der Waals surface area contributed by atoms with Crippen LogP contribution in [0.15, 0.2) is 65.4 Å². The molecule has 2 aliphatic rings. The van der Waals surface area contributed by atoms with Crippen LogP contribution in [0.4, 0.5) is 0 Å². The van der Waals surface area contributed by atoms with E-state index in [1.165, 1.54) is 28.4 Å². The van der Waals surface area contributed by atoms with Gasteiger partial charge in [-0.2, -0.15) is 0 Å². The van der Waals surface area contributed by atoms with E-state index in [4.69, 9.17) is 0 Å². The number of nitrogens with one attached hydrogen (secondary N) is 1. The van der Waals surface area contributed by atoms with Crippen LogP contribution in [0.3, 0.4) is 0 Å². The minimum atomic E-state index is 0.189. The van der Waals surface area contributed by atoms with Crippen molar-refractivity contribution in [1.29, 1.82) is 0 Å². The Morgan fingerprint density at radius 1 is 1.11 bits per heavy atom. The molecule has 1 N–H and O–H groups in total. The van der Waals surface area contributed by atoms with Crippen LogP contribution in [0.1, 0.15) is 65.0 Å². The number of fused-ring (bicyclic) bond motifs is 1. The highest BCUT2D eigenvalue weighted by Crippen LogP contribution is 2.44. The fourth-order valence-corrected chi connectivity index (χ4v) is 4.52. The second kappa shape index (κ2) is 8.87. The molecule has 1 unspecified atom stereocenters. The van der Waals surface area contributed by atoms with Crippen molar-refractivity contribution in [3.8, 4) is 0 Å². The minimum absolute atomic E-state index is 0.189. The average Bonchev–Trinajstić information content (AvgIpc) is 2.90. The first-order chi connectivity index (χ1) is 13.5. The summed E-state index contributed by atoms with van der Waals surface area (Å²) in [6.07, 6.45) is 4.24. The summed E-state index contributed by atoms with van der Waals surface area (Å²) in [6.45, 7) is 15.6. The molecule has 28 heavy (non-hydrogen) atoms. The summed E-state index contributed by atoms with van der Waals surface area (Å²) in [7, 11) is 2.19. The fraction of sp³-hybridized carbons (Fsp3) is 0.500. The second-order valence-electron chi connectivity index (χ2n) is 7.87. The van der Waals surface area contributed by atoms with Crippen LogP contribution in [0.2, 0.25) is 0 Å². The van der Waals surface area contributed by atoms with Crippen LogP contribution in [-0.2, 0) is 0 Å². The van der Waals surface area contributed by atoms with E-state index in [-0.39, 0.29) is 6.04 Å². The van der Waals surface area contributed by atoms with E-state index in [1.54, 1.807) is 0 Å². The van der Waals surface area contributed by atoms with Gasteiger partial charge in [0.2, 0.25) is 0 Å². The highest BCUT2D eigenvalue weighted by atomic mass is 15.7. The van der Waals surface area contributed by atoms with Crippen LogP contribution < -0.4 is 5.32 Å². The molecular weight excluding hydrogens is 344 g/mol. The Balaban J connectivity index is 2.18. The Kier molecular flexibility index (Phi) is 6.50. The molecule has 4 heteroatoms. The Hall–Kier alpha value is -2.20. The molecule has 0 saturated heterocycles. The Morgan fingerprint density at radius 3 is 2.32 bits per heavy atom. The molecule has 0 amide bonds. The summed E-state index contributed by atoms with van der Waals surface area (Å²) in [5.74, 6) is 1.18. The Bertz CT molecular complexity index is 756. The molecule has 1 aromatic carbocycles. The van der Waals surface area contributed by atoms with E-state index < -0.39 is 0 Å². The molecule has 0 aliphatic carbocycles. The van der Waals surface area contributed by atoms with Crippen molar-refractivity contribution in [1.82, 2.24) is 20.2 Å². The first kappa shape index (κ1) is 20.5. The summed E-state index contributed by atoms with van der Waals surface area (Å²) in [5.41, 5.74) is 6.55. The quantitative estimate of drug-likeness (QED) is 0.686. The zero-order valence-corrected chi connectivity index (χ0v) is 18.3. The van der Waals surface area contributed by atoms with Gasteiger partial charge in [-0.15, -0.1) is 0 Å². The monoisotopic (exact) mass is 380 g/mol. The van der Waals surface area contributed by atoms with Crippen LogP contribution in [0.25, 0.3) is 0 Å². The maximum Gasteiger partial charge on any atom is 0.147 e. The van der Waals surface area contributed by atoms with E-state index in [1.807, 2.05) is 0 Å². The third-order valence-corrected chi connectivity index (χ3v) is 5.83. The highest BCUT2D eigenvalue weighted by Gasteiger charge is 2.42. The number of nitrogens with zero attached hydrogens (tertiary/aromatic N) is 3. The SMILES string of the molecule is C=C1CC(CC)=C(C)NC2=C(N(CCC)CCC)C(c3ccccc3)N(C)N12. The average molecular weight is 381 g/mol. The largest absolute Gasteiger partial charge is 0.370 e. The van der Waals surface area contributed by atoms with Crippen LogP contribution >= 0.6 is 0 Å². The molecule has 0 bridgehead atoms. The summed E-state index contributed by atoms with van der Waals surface area (Å²) in [5, 5.41) is 8.47. The molecule has 0 spiro atoms. The second-order valence-corrected chi connectivity index (χ2v) is 7.87. The van der Waals surface area contributed by atoms with Crippen molar-refractivity contribution in [2.24, 2.45) is 0 Å². The zero-order chi connectivity index (χ0) is 20.3. The minimum Gasteiger partial charge on any atom is -0.370 e. The number of benzene rings is 1. The fourth-order valence-electron chi connectivity index (χ4n) is 4.52. The van der Waals surface area contributed by atoms with Gasteiger partial charge in [0, 0.05) is 38.0 Å². The lowest BCUT2D eigenvalue weighted by atomic mass is 10.0. The lowest BCUT2D eigenvalue weighted by Gasteiger charge is -2.34. The number of hydrogen-bond acceptors (Lipinski definition) is 4. The van der Waals surface area contributed by atoms with Crippen molar-refractivity contribution < 1.29 is 0 Å². The molecular formula is C24H36N4. The molecule has 0 radical (unpaired) electrons. The van der Waals surface area contributed by atoms with Gasteiger partial charge in [0.25, 0.3) is 0 Å². The van der Waals surface area contributed by atoms with Crippen LogP contribution in [0.5, 0.6) is 0 Å². The lowest BCUT2D eigenvalue weighted by Crippen LogP contribution is -2.37. The predicted octanol–water partition coefficient (Wildman–Crippen LogP) is 5.37. The summed E-state index contributed by atoms with van der Waals surface area (Å²) in [6, 6.07) is 11.1. The van der Waals surface area contributed by atoms with Crippen LogP contribution in [-0.4, -0.2) is 35.1 Å². The Morgan fingerprint density at radius 2 is 1.75 bits per heavy atom. The number of likely N-dealkylation sites (N-methyl/N-ethyl adjacent to an activating group) is 1. The van der Waals surface area contributed by atoms with E-state index in [0.29, 0.717) is 0 Å². The van der Waals surface area contributed by atoms with Crippen molar-refractivity contribution in [3.63, 3.8) is 0 Å². The van der Waals surface area contributed by atoms with Gasteiger partial charge in [0.1, 0.15) is 5.82 Å². The van der Waals surface area contributed by atoms with Gasteiger partial charge in [-0.25, -0.2) is 5.01 Å². The van der Waals surface area contributed by atoms with Gasteiger partial charge in [-0.05, 0) is 37.3 Å². The van der Waals surface area contributed by atoms with Gasteiger partial charge >= 0.3 is 0 Å². The number of hydrogen-bond donors (Lipinski definition) is 1. The summed E-state index contributed by atoms with van der Waals surface area (Å²) < 4.78 is 0. The topological polar surface area (TPSA) is 21.8 Å². The normalized spacial score (nSPS) is 20.4.